The highest BCUT2D eigenvalue weighted by Crippen LogP contribution is 2.48. The molecular weight excluding hydrogens is 492 g/mol. The van der Waals surface area contributed by atoms with E-state index in [9.17, 15) is 14.3 Å². The molecule has 1 aromatic carbocycles. The number of ether oxygens (including phenoxy) is 3. The average molecular weight is 525 g/mol. The van der Waals surface area contributed by atoms with Crippen LogP contribution >= 0.6 is 20.0 Å². The Morgan fingerprint density at radius 2 is 2.00 bits per heavy atom. The number of carbonyl (C=O) groups excluding carboxylic acids is 1. The van der Waals surface area contributed by atoms with Crippen LogP contribution in [-0.2, 0) is 34.4 Å². The van der Waals surface area contributed by atoms with Gasteiger partial charge >= 0.3 is 14.0 Å². The predicted octanol–water partition coefficient (Wildman–Crippen LogP) is 4.03. The van der Waals surface area contributed by atoms with E-state index in [1.54, 1.807) is 0 Å². The molecule has 1 saturated heterocycles. The molecule has 2 unspecified atom stereocenters. The van der Waals surface area contributed by atoms with Crippen LogP contribution in [0.2, 0.25) is 0 Å². The summed E-state index contributed by atoms with van der Waals surface area (Å²) in [5.41, 5.74) is 0.808. The molecule has 5 atom stereocenters. The van der Waals surface area contributed by atoms with Crippen molar-refractivity contribution < 1.29 is 37.5 Å². The summed E-state index contributed by atoms with van der Waals surface area (Å²) in [5.74, 6) is -0.449. The number of unbranched alkanes of at least 4 members (excludes halogenated alkanes) is 2. The molecule has 1 fully saturated rings. The zero-order valence-corrected chi connectivity index (χ0v) is 21.7. The van der Waals surface area contributed by atoms with E-state index < -0.39 is 38.1 Å². The monoisotopic (exact) mass is 525 g/mol. The van der Waals surface area contributed by atoms with Crippen LogP contribution in [0.5, 0.6) is 0 Å². The van der Waals surface area contributed by atoms with Crippen molar-refractivity contribution >= 4 is 39.0 Å². The molecule has 12 heteroatoms. The van der Waals surface area contributed by atoms with Crippen molar-refractivity contribution in [2.75, 3.05) is 20.3 Å². The second kappa shape index (κ2) is 15.4. The molecule has 2 N–H and O–H groups in total. The summed E-state index contributed by atoms with van der Waals surface area (Å²) in [6.07, 6.45) is 4.54. The number of nitrogens with one attached hydrogen (secondary N) is 1. The van der Waals surface area contributed by atoms with Crippen LogP contribution in [0.25, 0.3) is 0 Å². The molecule has 1 aliphatic heterocycles. The Morgan fingerprint density at radius 3 is 2.69 bits per heavy atom. The van der Waals surface area contributed by atoms with Gasteiger partial charge in [0.25, 0.3) is 0 Å². The summed E-state index contributed by atoms with van der Waals surface area (Å²) in [7, 11) is 2.86. The fourth-order valence-electron chi connectivity index (χ4n) is 3.52. The van der Waals surface area contributed by atoms with Crippen LogP contribution in [0.4, 0.5) is 4.79 Å². The Morgan fingerprint density at radius 1 is 1.26 bits per heavy atom. The molecule has 0 saturated carbocycles. The third-order valence-electron chi connectivity index (χ3n) is 5.34. The van der Waals surface area contributed by atoms with E-state index in [2.05, 4.69) is 9.84 Å². The summed E-state index contributed by atoms with van der Waals surface area (Å²) in [6.45, 7) is 2.47. The van der Waals surface area contributed by atoms with Crippen molar-refractivity contribution in [1.82, 2.24) is 5.32 Å². The van der Waals surface area contributed by atoms with Crippen LogP contribution in [0, 0.1) is 5.92 Å². The minimum absolute atomic E-state index is 0.0504. The summed E-state index contributed by atoms with van der Waals surface area (Å²) in [4.78, 5) is 22.7. The van der Waals surface area contributed by atoms with E-state index in [1.807, 2.05) is 49.4 Å². The molecule has 2 radical (unpaired) electrons. The maximum Gasteiger partial charge on any atom is 0.508 e. The van der Waals surface area contributed by atoms with Gasteiger partial charge < -0.3 is 24.4 Å². The highest BCUT2D eigenvalue weighted by Gasteiger charge is 2.46. The van der Waals surface area contributed by atoms with Gasteiger partial charge in [0.2, 0.25) is 0 Å². The lowest BCUT2D eigenvalue weighted by atomic mass is 9.82. The second-order valence-corrected chi connectivity index (χ2v) is 10.2. The topological polar surface area (TPSA) is 113 Å². The molecule has 2 rings (SSSR count). The third kappa shape index (κ3) is 11.2. The van der Waals surface area contributed by atoms with Gasteiger partial charge in [-0.05, 0) is 38.2 Å². The van der Waals surface area contributed by atoms with Crippen LogP contribution in [0.15, 0.2) is 42.5 Å². The lowest BCUT2D eigenvalue weighted by molar-refractivity contribution is -0.0303. The van der Waals surface area contributed by atoms with Gasteiger partial charge in [-0.3, -0.25) is 9.05 Å². The summed E-state index contributed by atoms with van der Waals surface area (Å²) < 4.78 is 38.0. The van der Waals surface area contributed by atoms with E-state index in [0.29, 0.717) is 6.42 Å². The first-order valence-electron chi connectivity index (χ1n) is 11.4. The molecule has 192 valence electrons. The van der Waals surface area contributed by atoms with Crippen LogP contribution in [-0.4, -0.2) is 62.4 Å². The molecule has 1 aromatic rings. The van der Waals surface area contributed by atoms with Gasteiger partial charge in [0.15, 0.2) is 0 Å². The number of allylic oxidation sites excluding steroid dienone is 2. The van der Waals surface area contributed by atoms with Crippen LogP contribution < -0.4 is 5.32 Å². The van der Waals surface area contributed by atoms with Crippen molar-refractivity contribution in [2.45, 2.75) is 57.4 Å². The summed E-state index contributed by atoms with van der Waals surface area (Å²) in [6, 6.07) is 8.36. The SMILES string of the molecule is [B][C@@H]1O[C@H](COC(=O)OCc2ccccc2)[C@H](OP(=O)(O)OC)C1C/C=C/CCCCNC(C)=S. The highest BCUT2D eigenvalue weighted by molar-refractivity contribution is 7.80. The van der Waals surface area contributed by atoms with Gasteiger partial charge in [0.05, 0.1) is 4.99 Å². The third-order valence-corrected chi connectivity index (χ3v) is 6.45. The Balaban J connectivity index is 1.87. The first-order valence-corrected chi connectivity index (χ1v) is 13.3. The van der Waals surface area contributed by atoms with Crippen molar-refractivity contribution in [1.29, 1.82) is 0 Å². The number of benzene rings is 1. The van der Waals surface area contributed by atoms with Gasteiger partial charge in [-0.1, -0.05) is 54.7 Å². The maximum atomic E-state index is 12.1. The van der Waals surface area contributed by atoms with Gasteiger partial charge in [0, 0.05) is 25.6 Å². The molecular formula is C23H33BNO8PS. The van der Waals surface area contributed by atoms with Crippen LogP contribution in [0.3, 0.4) is 0 Å². The zero-order chi connectivity index (χ0) is 25.7. The number of rotatable bonds is 14. The summed E-state index contributed by atoms with van der Waals surface area (Å²) in [5, 5.41) is 3.11. The zero-order valence-electron chi connectivity index (χ0n) is 20.0. The van der Waals surface area contributed by atoms with Gasteiger partial charge in [-0.2, -0.15) is 0 Å². The lowest BCUT2D eigenvalue weighted by Gasteiger charge is -2.24. The Kier molecular flexibility index (Phi) is 13.0. The molecule has 0 bridgehead atoms. The van der Waals surface area contributed by atoms with E-state index in [4.69, 9.17) is 38.8 Å². The van der Waals surface area contributed by atoms with Crippen molar-refractivity contribution in [2.24, 2.45) is 5.92 Å². The second-order valence-electron chi connectivity index (χ2n) is 8.05. The Labute approximate surface area is 213 Å². The van der Waals surface area contributed by atoms with Crippen molar-refractivity contribution in [3.05, 3.63) is 48.0 Å². The number of hydrogen-bond acceptors (Lipinski definition) is 8. The molecule has 0 amide bonds. The number of phosphoric acid groups is 1. The minimum Gasteiger partial charge on any atom is -0.431 e. The number of thiocarbonyl (C=S) groups is 1. The molecule has 0 spiro atoms. The normalized spacial score (nSPS) is 23.6. The average Bonchev–Trinajstić information content (AvgIpc) is 3.11. The van der Waals surface area contributed by atoms with Crippen LogP contribution in [0.1, 0.15) is 38.2 Å². The largest absolute Gasteiger partial charge is 0.508 e. The quantitative estimate of drug-likeness (QED) is 0.0922. The standard InChI is InChI=1S/C23H33BNO8PS/c1-17(35)25-14-10-5-3-4-9-13-19-21(33-34(27,28)29-2)20(32-22(19)24)16-31-23(26)30-15-18-11-7-6-8-12-18/h4,6-9,11-12,19-22H,3,5,10,13-16H2,1-2H3,(H,25,35)(H,27,28)/b9-4+/t19?,20-,21-,22-/m1/s1. The van der Waals surface area contributed by atoms with E-state index in [0.717, 1.165) is 43.5 Å². The number of phosphoric ester groups is 1. The Bertz CT molecular complexity index is 874. The van der Waals surface area contributed by atoms with Crippen molar-refractivity contribution in [3.8, 4) is 0 Å². The molecule has 1 aliphatic rings. The first-order chi connectivity index (χ1) is 16.7. The lowest BCUT2D eigenvalue weighted by Crippen LogP contribution is -2.34. The fourth-order valence-corrected chi connectivity index (χ4v) is 4.31. The predicted molar refractivity (Wildman–Crippen MR) is 136 cm³/mol. The molecule has 9 nitrogen and oxygen atoms in total. The Hall–Kier alpha value is -1.75. The number of carbonyl (C=O) groups is 1. The molecule has 35 heavy (non-hydrogen) atoms. The van der Waals surface area contributed by atoms with Gasteiger partial charge in [-0.15, -0.1) is 0 Å². The van der Waals surface area contributed by atoms with Crippen molar-refractivity contribution in [3.63, 3.8) is 0 Å². The molecule has 1 heterocycles. The van der Waals surface area contributed by atoms with E-state index >= 15 is 0 Å². The maximum absolute atomic E-state index is 12.1. The smallest absolute Gasteiger partial charge is 0.431 e. The molecule has 0 aliphatic carbocycles. The summed E-state index contributed by atoms with van der Waals surface area (Å²) >= 11 is 4.98. The fraction of sp³-hybridized carbons (Fsp3) is 0.565. The first kappa shape index (κ1) is 29.5. The van der Waals surface area contributed by atoms with Gasteiger partial charge in [-0.25, -0.2) is 9.36 Å². The highest BCUT2D eigenvalue weighted by atomic mass is 32.1. The minimum atomic E-state index is -4.34. The molecule has 0 aromatic heterocycles. The van der Waals surface area contributed by atoms with E-state index in [1.165, 1.54) is 0 Å². The van der Waals surface area contributed by atoms with E-state index in [-0.39, 0.29) is 13.2 Å². The van der Waals surface area contributed by atoms with Gasteiger partial charge in [0.1, 0.15) is 33.3 Å². The number of hydrogen-bond donors (Lipinski definition) is 2.